The van der Waals surface area contributed by atoms with Crippen LogP contribution in [0.3, 0.4) is 0 Å². The predicted octanol–water partition coefficient (Wildman–Crippen LogP) is 11.7. The van der Waals surface area contributed by atoms with Crippen LogP contribution in [0.1, 0.15) is 129 Å². The third-order valence-corrected chi connectivity index (χ3v) is 8.94. The van der Waals surface area contributed by atoms with Gasteiger partial charge in [0.1, 0.15) is 19.3 Å². The molecule has 0 bridgehead atoms. The summed E-state index contributed by atoms with van der Waals surface area (Å²) in [6.45, 7) is 5.25. The molecule has 0 spiro atoms. The Morgan fingerprint density at radius 2 is 1.04 bits per heavy atom. The fourth-order valence-corrected chi connectivity index (χ4v) is 5.59. The van der Waals surface area contributed by atoms with Crippen LogP contribution < -0.4 is 0 Å². The van der Waals surface area contributed by atoms with Crippen LogP contribution in [0.5, 0.6) is 0 Å². The fourth-order valence-electron chi connectivity index (χ4n) is 4.85. The number of unbranched alkanes of at least 4 members (excludes halogenated alkanes) is 8. The van der Waals surface area contributed by atoms with Crippen LogP contribution in [-0.4, -0.2) is 75.6 Å². The molecule has 0 saturated heterocycles. The number of hydrogen-bond donors (Lipinski definition) is 1. The lowest BCUT2D eigenvalue weighted by atomic mass is 10.1. The summed E-state index contributed by atoms with van der Waals surface area (Å²) in [6.07, 6.45) is 47.6. The van der Waals surface area contributed by atoms with Crippen LogP contribution in [0.25, 0.3) is 0 Å². The molecule has 53 heavy (non-hydrogen) atoms. The summed E-state index contributed by atoms with van der Waals surface area (Å²) in [4.78, 5) is 22.8. The molecular weight excluding hydrogens is 685 g/mol. The van der Waals surface area contributed by atoms with Gasteiger partial charge in [-0.25, -0.2) is 4.57 Å². The number of ether oxygens (including phenoxy) is 2. The largest absolute Gasteiger partial charge is 0.472 e. The highest BCUT2D eigenvalue weighted by molar-refractivity contribution is 7.47. The zero-order valence-corrected chi connectivity index (χ0v) is 35.1. The van der Waals surface area contributed by atoms with Gasteiger partial charge in [0.25, 0.3) is 0 Å². The number of nitrogens with zero attached hydrogens (tertiary/aromatic N) is 1. The third kappa shape index (κ3) is 40.7. The number of esters is 1. The molecule has 0 aromatic carbocycles. The van der Waals surface area contributed by atoms with E-state index < -0.39 is 13.9 Å². The molecule has 2 unspecified atom stereocenters. The van der Waals surface area contributed by atoms with E-state index in [0.29, 0.717) is 24.1 Å². The second-order valence-corrected chi connectivity index (χ2v) is 15.7. The molecule has 1 N–H and O–H groups in total. The Balaban J connectivity index is 4.39. The lowest BCUT2D eigenvalue weighted by Crippen LogP contribution is -2.37. The number of phosphoric acid groups is 1. The lowest BCUT2D eigenvalue weighted by Gasteiger charge is -2.24. The number of hydrogen-bond acceptors (Lipinski definition) is 6. The van der Waals surface area contributed by atoms with E-state index in [-0.39, 0.29) is 25.8 Å². The van der Waals surface area contributed by atoms with E-state index in [0.717, 1.165) is 109 Å². The van der Waals surface area contributed by atoms with E-state index >= 15 is 0 Å². The summed E-state index contributed by atoms with van der Waals surface area (Å²) in [6, 6.07) is 0. The van der Waals surface area contributed by atoms with E-state index in [1.165, 1.54) is 0 Å². The second kappa shape index (κ2) is 36.6. The van der Waals surface area contributed by atoms with Crippen molar-refractivity contribution >= 4 is 13.8 Å². The van der Waals surface area contributed by atoms with Crippen LogP contribution in [-0.2, 0) is 27.9 Å². The molecule has 0 amide bonds. The lowest BCUT2D eigenvalue weighted by molar-refractivity contribution is -0.870. The molecule has 0 aromatic heterocycles. The Labute approximate surface area is 325 Å². The molecule has 0 heterocycles. The zero-order chi connectivity index (χ0) is 39.1. The summed E-state index contributed by atoms with van der Waals surface area (Å²) in [7, 11) is 1.61. The number of carbonyl (C=O) groups is 1. The summed E-state index contributed by atoms with van der Waals surface area (Å²) in [5.74, 6) is -0.347. The third-order valence-electron chi connectivity index (χ3n) is 7.95. The van der Waals surface area contributed by atoms with Crippen molar-refractivity contribution in [1.29, 1.82) is 0 Å². The van der Waals surface area contributed by atoms with Gasteiger partial charge in [-0.2, -0.15) is 0 Å². The minimum absolute atomic E-state index is 0.0734. The molecule has 0 aromatic rings. The zero-order valence-electron chi connectivity index (χ0n) is 34.2. The Kier molecular flexibility index (Phi) is 35.0. The van der Waals surface area contributed by atoms with E-state index in [4.69, 9.17) is 18.5 Å². The summed E-state index contributed by atoms with van der Waals surface area (Å²) < 4.78 is 34.9. The van der Waals surface area contributed by atoms with Gasteiger partial charge in [-0.3, -0.25) is 13.8 Å². The average molecular weight is 763 g/mol. The molecule has 0 saturated carbocycles. The first-order valence-corrected chi connectivity index (χ1v) is 21.8. The molecule has 0 fully saturated rings. The maximum atomic E-state index is 12.7. The van der Waals surface area contributed by atoms with Gasteiger partial charge in [0.2, 0.25) is 0 Å². The van der Waals surface area contributed by atoms with Crippen molar-refractivity contribution < 1.29 is 37.3 Å². The highest BCUT2D eigenvalue weighted by atomic mass is 31.2. The fraction of sp³-hybridized carbons (Fsp3) is 0.659. The van der Waals surface area contributed by atoms with E-state index in [9.17, 15) is 14.3 Å². The van der Waals surface area contributed by atoms with Gasteiger partial charge in [0, 0.05) is 13.0 Å². The Bertz CT molecular complexity index is 1120. The Morgan fingerprint density at radius 3 is 1.55 bits per heavy atom. The minimum atomic E-state index is -4.29. The second-order valence-electron chi connectivity index (χ2n) is 14.2. The maximum absolute atomic E-state index is 12.7. The number of quaternary nitrogens is 1. The Morgan fingerprint density at radius 1 is 0.585 bits per heavy atom. The van der Waals surface area contributed by atoms with Gasteiger partial charge in [-0.1, -0.05) is 125 Å². The summed E-state index contributed by atoms with van der Waals surface area (Å²) in [5.41, 5.74) is 0. The SMILES string of the molecule is CC/C=C\C/C=C\C/C=C\C/C=C\CCCCCOCC(COP(=O)(O)OCC[N+](C)(C)C)OC(=O)CCCCCCC/C=C\C/C=C\C/C=C\CC. The van der Waals surface area contributed by atoms with Crippen molar-refractivity contribution in [3.63, 3.8) is 0 Å². The van der Waals surface area contributed by atoms with Crippen molar-refractivity contribution in [2.45, 2.75) is 136 Å². The first-order chi connectivity index (χ1) is 25.6. The van der Waals surface area contributed by atoms with Crippen molar-refractivity contribution in [1.82, 2.24) is 0 Å². The average Bonchev–Trinajstić information content (AvgIpc) is 3.11. The van der Waals surface area contributed by atoms with Gasteiger partial charge in [0.15, 0.2) is 0 Å². The number of carbonyl (C=O) groups excluding carboxylic acids is 1. The number of allylic oxidation sites excluding steroid dienone is 14. The van der Waals surface area contributed by atoms with Crippen LogP contribution in [0.15, 0.2) is 85.1 Å². The maximum Gasteiger partial charge on any atom is 0.472 e. The van der Waals surface area contributed by atoms with Crippen molar-refractivity contribution in [3.05, 3.63) is 85.1 Å². The van der Waals surface area contributed by atoms with Gasteiger partial charge < -0.3 is 18.9 Å². The number of phosphoric ester groups is 1. The Hall–Kier alpha value is -2.32. The van der Waals surface area contributed by atoms with Crippen LogP contribution >= 0.6 is 7.82 Å². The summed E-state index contributed by atoms with van der Waals surface area (Å²) in [5, 5.41) is 0. The molecule has 0 radical (unpaired) electrons. The molecule has 9 heteroatoms. The number of rotatable bonds is 36. The monoisotopic (exact) mass is 763 g/mol. The molecule has 0 rings (SSSR count). The summed E-state index contributed by atoms with van der Waals surface area (Å²) >= 11 is 0. The van der Waals surface area contributed by atoms with E-state index in [2.05, 4.69) is 98.9 Å². The molecular formula is C44H77NO7P+. The van der Waals surface area contributed by atoms with Crippen LogP contribution in [0.2, 0.25) is 0 Å². The van der Waals surface area contributed by atoms with Gasteiger partial charge in [-0.15, -0.1) is 0 Å². The first-order valence-electron chi connectivity index (χ1n) is 20.3. The molecule has 0 aliphatic carbocycles. The first kappa shape index (κ1) is 50.7. The smallest absolute Gasteiger partial charge is 0.457 e. The van der Waals surface area contributed by atoms with Crippen molar-refractivity contribution in [2.75, 3.05) is 54.1 Å². The normalized spacial score (nSPS) is 14.8. The minimum Gasteiger partial charge on any atom is -0.457 e. The van der Waals surface area contributed by atoms with Crippen molar-refractivity contribution in [2.24, 2.45) is 0 Å². The van der Waals surface area contributed by atoms with Crippen molar-refractivity contribution in [3.8, 4) is 0 Å². The molecule has 304 valence electrons. The van der Waals surface area contributed by atoms with Gasteiger partial charge in [-0.05, 0) is 83.5 Å². The van der Waals surface area contributed by atoms with Gasteiger partial charge >= 0.3 is 13.8 Å². The molecule has 0 aliphatic rings. The highest BCUT2D eigenvalue weighted by Gasteiger charge is 2.26. The molecule has 2 atom stereocenters. The highest BCUT2D eigenvalue weighted by Crippen LogP contribution is 2.43. The quantitative estimate of drug-likeness (QED) is 0.0223. The molecule has 8 nitrogen and oxygen atoms in total. The van der Waals surface area contributed by atoms with E-state index in [1.807, 2.05) is 21.1 Å². The van der Waals surface area contributed by atoms with E-state index in [1.54, 1.807) is 0 Å². The van der Waals surface area contributed by atoms with Crippen LogP contribution in [0, 0.1) is 0 Å². The predicted molar refractivity (Wildman–Crippen MR) is 224 cm³/mol. The van der Waals surface area contributed by atoms with Crippen LogP contribution in [0.4, 0.5) is 0 Å². The standard InChI is InChI=1S/C44H76NO7P/c1-6-8-10-12-14-16-18-20-22-24-26-28-30-32-34-36-39-49-41-43(42-51-53(47,48)50-40-38-45(3,4)5)52-44(46)37-35-33-31-29-27-25-23-21-19-17-15-13-11-9-7-2/h8-11,14-17,20-23,26,28,43H,6-7,12-13,18-19,24-25,27,29-42H2,1-5H3/p+1/b10-8-,11-9-,16-14-,17-15-,22-20-,23-21-,28-26-. The topological polar surface area (TPSA) is 91.3 Å². The molecule has 0 aliphatic heterocycles. The number of likely N-dealkylation sites (N-methyl/N-ethyl adjacent to an activating group) is 1. The van der Waals surface area contributed by atoms with Gasteiger partial charge in [0.05, 0.1) is 34.4 Å².